The van der Waals surface area contributed by atoms with Gasteiger partial charge in [-0.25, -0.2) is 4.79 Å². The van der Waals surface area contributed by atoms with Gasteiger partial charge in [0.25, 0.3) is 0 Å². The molecule has 4 rings (SSSR count). The van der Waals surface area contributed by atoms with E-state index in [0.717, 1.165) is 11.1 Å². The van der Waals surface area contributed by atoms with E-state index in [9.17, 15) is 9.59 Å². The molecule has 0 aliphatic rings. The van der Waals surface area contributed by atoms with Gasteiger partial charge in [0, 0.05) is 10.6 Å². The van der Waals surface area contributed by atoms with Crippen molar-refractivity contribution in [3.63, 3.8) is 0 Å². The summed E-state index contributed by atoms with van der Waals surface area (Å²) < 4.78 is 11.6. The topological polar surface area (TPSA) is 56.5 Å². The number of hydrogen-bond donors (Lipinski definition) is 0. The number of ether oxygens (including phenoxy) is 1. The summed E-state index contributed by atoms with van der Waals surface area (Å²) in [7, 11) is 0. The molecule has 0 aliphatic carbocycles. The molecule has 0 unspecified atom stereocenters. The number of carbonyl (C=O) groups excluding carboxylic acids is 1. The predicted molar refractivity (Wildman–Crippen MR) is 119 cm³/mol. The van der Waals surface area contributed by atoms with E-state index in [2.05, 4.69) is 0 Å². The van der Waals surface area contributed by atoms with E-state index in [0.29, 0.717) is 21.6 Å². The molecule has 1 aromatic heterocycles. The standard InChI is InChI=1S/C24H16Cl2O4/c1-13-10-18-20(11-14(13)2)29-22(15-6-4-3-5-7-15)23(21(18)27)30-24(28)17-9-8-16(25)12-19(17)26/h3-12H,1-2H3. The molecule has 0 fully saturated rings. The highest BCUT2D eigenvalue weighted by Gasteiger charge is 2.23. The monoisotopic (exact) mass is 438 g/mol. The lowest BCUT2D eigenvalue weighted by Crippen LogP contribution is -2.17. The second kappa shape index (κ2) is 7.98. The van der Waals surface area contributed by atoms with Gasteiger partial charge in [0.05, 0.1) is 16.0 Å². The molecular formula is C24H16Cl2O4. The zero-order chi connectivity index (χ0) is 21.4. The van der Waals surface area contributed by atoms with Crippen molar-refractivity contribution in [1.82, 2.24) is 0 Å². The van der Waals surface area contributed by atoms with E-state index in [-0.39, 0.29) is 22.1 Å². The molecule has 3 aromatic carbocycles. The molecular weight excluding hydrogens is 423 g/mol. The van der Waals surface area contributed by atoms with E-state index >= 15 is 0 Å². The van der Waals surface area contributed by atoms with Gasteiger partial charge in [0.2, 0.25) is 11.2 Å². The molecule has 0 saturated carbocycles. The SMILES string of the molecule is Cc1cc2oc(-c3ccccc3)c(OC(=O)c3ccc(Cl)cc3Cl)c(=O)c2cc1C. The molecule has 150 valence electrons. The van der Waals surface area contributed by atoms with Crippen LogP contribution in [0.2, 0.25) is 10.0 Å². The van der Waals surface area contributed by atoms with Crippen LogP contribution in [0.15, 0.2) is 69.9 Å². The molecule has 0 atom stereocenters. The first-order valence-electron chi connectivity index (χ1n) is 9.16. The lowest BCUT2D eigenvalue weighted by atomic mass is 10.0. The molecule has 0 N–H and O–H groups in total. The van der Waals surface area contributed by atoms with Crippen LogP contribution in [0.25, 0.3) is 22.3 Å². The second-order valence-corrected chi connectivity index (χ2v) is 7.75. The van der Waals surface area contributed by atoms with Gasteiger partial charge in [-0.05, 0) is 55.3 Å². The molecule has 4 aromatic rings. The van der Waals surface area contributed by atoms with Gasteiger partial charge in [-0.3, -0.25) is 4.79 Å². The summed E-state index contributed by atoms with van der Waals surface area (Å²) in [5.41, 5.74) is 2.62. The maximum Gasteiger partial charge on any atom is 0.345 e. The Morgan fingerprint density at radius 1 is 0.933 bits per heavy atom. The predicted octanol–water partition coefficient (Wildman–Crippen LogP) is 6.60. The van der Waals surface area contributed by atoms with Crippen molar-refractivity contribution >= 4 is 40.1 Å². The van der Waals surface area contributed by atoms with Gasteiger partial charge in [0.1, 0.15) is 5.58 Å². The minimum atomic E-state index is -0.774. The Hall–Kier alpha value is -3.08. The van der Waals surface area contributed by atoms with Gasteiger partial charge >= 0.3 is 5.97 Å². The summed E-state index contributed by atoms with van der Waals surface area (Å²) >= 11 is 12.0. The minimum Gasteiger partial charge on any atom is -0.452 e. The van der Waals surface area contributed by atoms with Crippen molar-refractivity contribution in [3.05, 3.63) is 97.6 Å². The molecule has 1 heterocycles. The first-order valence-corrected chi connectivity index (χ1v) is 9.91. The fourth-order valence-corrected chi connectivity index (χ4v) is 3.59. The van der Waals surface area contributed by atoms with E-state index in [1.54, 1.807) is 24.3 Å². The van der Waals surface area contributed by atoms with Crippen molar-refractivity contribution in [1.29, 1.82) is 0 Å². The van der Waals surface area contributed by atoms with Crippen LogP contribution in [-0.4, -0.2) is 5.97 Å². The third-order valence-corrected chi connectivity index (χ3v) is 5.39. The maximum atomic E-state index is 13.3. The molecule has 30 heavy (non-hydrogen) atoms. The molecule has 0 saturated heterocycles. The average molecular weight is 439 g/mol. The third kappa shape index (κ3) is 3.72. The molecule has 0 bridgehead atoms. The van der Waals surface area contributed by atoms with Gasteiger partial charge in [-0.1, -0.05) is 53.5 Å². The van der Waals surface area contributed by atoms with Crippen molar-refractivity contribution < 1.29 is 13.9 Å². The first kappa shape index (κ1) is 20.2. The number of halogens is 2. The fourth-order valence-electron chi connectivity index (χ4n) is 3.11. The zero-order valence-corrected chi connectivity index (χ0v) is 17.7. The zero-order valence-electron chi connectivity index (χ0n) is 16.2. The number of carbonyl (C=O) groups is 1. The Labute approximate surface area is 182 Å². The van der Waals surface area contributed by atoms with Crippen molar-refractivity contribution in [2.75, 3.05) is 0 Å². The molecule has 4 nitrogen and oxygen atoms in total. The van der Waals surface area contributed by atoms with E-state index in [1.807, 2.05) is 32.0 Å². The van der Waals surface area contributed by atoms with E-state index in [1.165, 1.54) is 18.2 Å². The molecule has 0 spiro atoms. The molecule has 0 radical (unpaired) electrons. The highest BCUT2D eigenvalue weighted by atomic mass is 35.5. The van der Waals surface area contributed by atoms with Gasteiger partial charge in [0.15, 0.2) is 5.76 Å². The number of esters is 1. The van der Waals surface area contributed by atoms with Crippen LogP contribution in [0.4, 0.5) is 0 Å². The van der Waals surface area contributed by atoms with Crippen LogP contribution in [-0.2, 0) is 0 Å². The summed E-state index contributed by atoms with van der Waals surface area (Å²) in [6.45, 7) is 3.84. The maximum absolute atomic E-state index is 13.3. The highest BCUT2D eigenvalue weighted by molar-refractivity contribution is 6.36. The van der Waals surface area contributed by atoms with Crippen LogP contribution < -0.4 is 10.2 Å². The molecule has 0 amide bonds. The number of rotatable bonds is 3. The van der Waals surface area contributed by atoms with Crippen molar-refractivity contribution in [2.45, 2.75) is 13.8 Å². The summed E-state index contributed by atoms with van der Waals surface area (Å²) in [4.78, 5) is 26.1. The smallest absolute Gasteiger partial charge is 0.345 e. The fraction of sp³-hybridized carbons (Fsp3) is 0.0833. The van der Waals surface area contributed by atoms with Gasteiger partial charge < -0.3 is 9.15 Å². The summed E-state index contributed by atoms with van der Waals surface area (Å²) in [5, 5.41) is 0.853. The normalized spacial score (nSPS) is 10.9. The van der Waals surface area contributed by atoms with Crippen molar-refractivity contribution in [2.24, 2.45) is 0 Å². The Morgan fingerprint density at radius 3 is 2.33 bits per heavy atom. The summed E-state index contributed by atoms with van der Waals surface area (Å²) in [5.74, 6) is -0.785. The first-order chi connectivity index (χ1) is 14.3. The Bertz CT molecular complexity index is 1340. The lowest BCUT2D eigenvalue weighted by molar-refractivity contribution is 0.0731. The average Bonchev–Trinajstić information content (AvgIpc) is 2.72. The largest absolute Gasteiger partial charge is 0.452 e. The quantitative estimate of drug-likeness (QED) is 0.338. The number of hydrogen-bond acceptors (Lipinski definition) is 4. The number of aryl methyl sites for hydroxylation is 2. The second-order valence-electron chi connectivity index (χ2n) is 6.90. The van der Waals surface area contributed by atoms with Crippen LogP contribution in [0.1, 0.15) is 21.5 Å². The van der Waals surface area contributed by atoms with Crippen molar-refractivity contribution in [3.8, 4) is 17.1 Å². The highest BCUT2D eigenvalue weighted by Crippen LogP contribution is 2.33. The van der Waals surface area contributed by atoms with Gasteiger partial charge in [-0.15, -0.1) is 0 Å². The summed E-state index contributed by atoms with van der Waals surface area (Å²) in [6.07, 6.45) is 0. The minimum absolute atomic E-state index is 0.0969. The van der Waals surface area contributed by atoms with Crippen LogP contribution in [0.3, 0.4) is 0 Å². The molecule has 6 heteroatoms. The summed E-state index contributed by atoms with van der Waals surface area (Å²) in [6, 6.07) is 17.0. The number of benzene rings is 3. The van der Waals surface area contributed by atoms with Crippen LogP contribution in [0, 0.1) is 13.8 Å². The Morgan fingerprint density at radius 2 is 1.63 bits per heavy atom. The van der Waals surface area contributed by atoms with E-state index < -0.39 is 11.4 Å². The van der Waals surface area contributed by atoms with Crippen LogP contribution >= 0.6 is 23.2 Å². The molecule has 0 aliphatic heterocycles. The van der Waals surface area contributed by atoms with E-state index in [4.69, 9.17) is 32.4 Å². The third-order valence-electron chi connectivity index (χ3n) is 4.85. The Kier molecular flexibility index (Phi) is 5.37. The number of fused-ring (bicyclic) bond motifs is 1. The van der Waals surface area contributed by atoms with Crippen LogP contribution in [0.5, 0.6) is 5.75 Å². The Balaban J connectivity index is 1.92. The van der Waals surface area contributed by atoms with Gasteiger partial charge in [-0.2, -0.15) is 0 Å². The lowest BCUT2D eigenvalue weighted by Gasteiger charge is -2.12.